The van der Waals surface area contributed by atoms with Crippen molar-refractivity contribution in [3.8, 4) is 5.75 Å². The highest BCUT2D eigenvalue weighted by atomic mass is 35.5. The largest absolute Gasteiger partial charge is 0.491 e. The van der Waals surface area contributed by atoms with E-state index in [1.54, 1.807) is 0 Å². The van der Waals surface area contributed by atoms with Gasteiger partial charge in [0.25, 0.3) is 0 Å². The van der Waals surface area contributed by atoms with Crippen LogP contribution in [-0.4, -0.2) is 30.4 Å². The quantitative estimate of drug-likeness (QED) is 0.818. The van der Waals surface area contributed by atoms with E-state index in [1.807, 2.05) is 31.2 Å². The van der Waals surface area contributed by atoms with Gasteiger partial charge in [-0.25, -0.2) is 0 Å². The first-order chi connectivity index (χ1) is 7.75. The van der Waals surface area contributed by atoms with E-state index in [9.17, 15) is 5.11 Å². The lowest BCUT2D eigenvalue weighted by atomic mass is 10.2. The number of ether oxygens (including phenoxy) is 1. The SMILES string of the molecule is Cc1ccccc1OCC(O)CNC1CC1.Cl. The summed E-state index contributed by atoms with van der Waals surface area (Å²) < 4.78 is 5.56. The molecule has 0 saturated heterocycles. The number of aryl methyl sites for hydroxylation is 1. The summed E-state index contributed by atoms with van der Waals surface area (Å²) in [5, 5.41) is 13.0. The van der Waals surface area contributed by atoms with Gasteiger partial charge in [0.05, 0.1) is 0 Å². The van der Waals surface area contributed by atoms with Gasteiger partial charge in [0, 0.05) is 12.6 Å². The van der Waals surface area contributed by atoms with Gasteiger partial charge in [-0.2, -0.15) is 0 Å². The molecule has 0 spiro atoms. The van der Waals surface area contributed by atoms with Crippen LogP contribution in [0.4, 0.5) is 0 Å². The maximum absolute atomic E-state index is 9.69. The molecule has 0 aromatic heterocycles. The fourth-order valence-electron chi connectivity index (χ4n) is 1.55. The molecule has 1 unspecified atom stereocenters. The number of benzene rings is 1. The molecule has 17 heavy (non-hydrogen) atoms. The van der Waals surface area contributed by atoms with Crippen molar-refractivity contribution in [2.75, 3.05) is 13.2 Å². The third-order valence-electron chi connectivity index (χ3n) is 2.74. The lowest BCUT2D eigenvalue weighted by molar-refractivity contribution is 0.106. The minimum Gasteiger partial charge on any atom is -0.491 e. The molecule has 1 aliphatic rings. The summed E-state index contributed by atoms with van der Waals surface area (Å²) in [6.07, 6.45) is 2.05. The van der Waals surface area contributed by atoms with Gasteiger partial charge in [-0.05, 0) is 31.4 Å². The Kier molecular flexibility index (Phi) is 5.75. The Morgan fingerprint density at radius 2 is 2.12 bits per heavy atom. The number of para-hydroxylation sites is 1. The molecule has 0 bridgehead atoms. The van der Waals surface area contributed by atoms with Crippen molar-refractivity contribution in [2.24, 2.45) is 0 Å². The molecule has 2 rings (SSSR count). The number of halogens is 1. The topological polar surface area (TPSA) is 41.5 Å². The van der Waals surface area contributed by atoms with Crippen LogP contribution in [0, 0.1) is 6.92 Å². The molecule has 1 fully saturated rings. The van der Waals surface area contributed by atoms with Gasteiger partial charge in [-0.3, -0.25) is 0 Å². The molecule has 0 radical (unpaired) electrons. The minimum absolute atomic E-state index is 0. The van der Waals surface area contributed by atoms with Gasteiger partial charge in [-0.1, -0.05) is 18.2 Å². The van der Waals surface area contributed by atoms with Gasteiger partial charge in [0.1, 0.15) is 18.5 Å². The van der Waals surface area contributed by atoms with E-state index in [1.165, 1.54) is 12.8 Å². The predicted molar refractivity (Wildman–Crippen MR) is 71.0 cm³/mol. The molecule has 1 aromatic carbocycles. The van der Waals surface area contributed by atoms with Crippen molar-refractivity contribution >= 4 is 12.4 Å². The molecule has 1 atom stereocenters. The number of nitrogens with one attached hydrogen (secondary N) is 1. The van der Waals surface area contributed by atoms with Crippen LogP contribution < -0.4 is 10.1 Å². The molecule has 1 aliphatic carbocycles. The third-order valence-corrected chi connectivity index (χ3v) is 2.74. The normalized spacial score (nSPS) is 16.1. The second kappa shape index (κ2) is 6.84. The average molecular weight is 258 g/mol. The van der Waals surface area contributed by atoms with Gasteiger partial charge >= 0.3 is 0 Å². The zero-order valence-corrected chi connectivity index (χ0v) is 10.9. The number of hydrogen-bond acceptors (Lipinski definition) is 3. The molecule has 1 saturated carbocycles. The van der Waals surface area contributed by atoms with Crippen LogP contribution in [0.1, 0.15) is 18.4 Å². The van der Waals surface area contributed by atoms with Crippen LogP contribution in [0.3, 0.4) is 0 Å². The zero-order valence-electron chi connectivity index (χ0n) is 10.1. The molecule has 0 amide bonds. The maximum Gasteiger partial charge on any atom is 0.122 e. The zero-order chi connectivity index (χ0) is 11.4. The average Bonchev–Trinajstić information content (AvgIpc) is 3.09. The van der Waals surface area contributed by atoms with Crippen LogP contribution in [-0.2, 0) is 0 Å². The molecular formula is C13H20ClNO2. The van der Waals surface area contributed by atoms with Crippen LogP contribution >= 0.6 is 12.4 Å². The lowest BCUT2D eigenvalue weighted by Gasteiger charge is -2.14. The van der Waals surface area contributed by atoms with Gasteiger partial charge in [0.15, 0.2) is 0 Å². The molecule has 96 valence electrons. The Balaban J connectivity index is 0.00000144. The van der Waals surface area contributed by atoms with Gasteiger partial charge < -0.3 is 15.2 Å². The van der Waals surface area contributed by atoms with Crippen LogP contribution in [0.2, 0.25) is 0 Å². The number of aliphatic hydroxyl groups excluding tert-OH is 1. The maximum atomic E-state index is 9.69. The van der Waals surface area contributed by atoms with Crippen LogP contribution in [0.15, 0.2) is 24.3 Å². The van der Waals surface area contributed by atoms with E-state index < -0.39 is 6.10 Å². The molecule has 1 aromatic rings. The van der Waals surface area contributed by atoms with Gasteiger partial charge in [0.2, 0.25) is 0 Å². The Bertz CT molecular complexity index is 342. The second-order valence-electron chi connectivity index (χ2n) is 4.41. The highest BCUT2D eigenvalue weighted by Crippen LogP contribution is 2.19. The van der Waals surface area contributed by atoms with Crippen molar-refractivity contribution in [1.29, 1.82) is 0 Å². The van der Waals surface area contributed by atoms with E-state index >= 15 is 0 Å². The predicted octanol–water partition coefficient (Wildman–Crippen LogP) is 1.91. The molecule has 0 aliphatic heterocycles. The van der Waals surface area contributed by atoms with E-state index in [4.69, 9.17) is 4.74 Å². The van der Waals surface area contributed by atoms with E-state index in [0.717, 1.165) is 11.3 Å². The minimum atomic E-state index is -0.430. The standard InChI is InChI=1S/C13H19NO2.ClH/c1-10-4-2-3-5-13(10)16-9-12(15)8-14-11-6-7-11;/h2-5,11-12,14-15H,6-9H2,1H3;1H. The lowest BCUT2D eigenvalue weighted by Crippen LogP contribution is -2.32. The van der Waals surface area contributed by atoms with Crippen LogP contribution in [0.25, 0.3) is 0 Å². The number of hydrogen-bond donors (Lipinski definition) is 2. The van der Waals surface area contributed by atoms with Gasteiger partial charge in [-0.15, -0.1) is 12.4 Å². The molecular weight excluding hydrogens is 238 g/mol. The Labute approximate surface area is 109 Å². The summed E-state index contributed by atoms with van der Waals surface area (Å²) in [5.74, 6) is 0.855. The first-order valence-electron chi connectivity index (χ1n) is 5.85. The number of aliphatic hydroxyl groups is 1. The van der Waals surface area contributed by atoms with E-state index in [-0.39, 0.29) is 12.4 Å². The summed E-state index contributed by atoms with van der Waals surface area (Å²) in [7, 11) is 0. The third kappa shape index (κ3) is 4.94. The fraction of sp³-hybridized carbons (Fsp3) is 0.538. The van der Waals surface area contributed by atoms with Crippen molar-refractivity contribution in [3.05, 3.63) is 29.8 Å². The fourth-order valence-corrected chi connectivity index (χ4v) is 1.55. The molecule has 3 nitrogen and oxygen atoms in total. The van der Waals surface area contributed by atoms with Crippen molar-refractivity contribution in [1.82, 2.24) is 5.32 Å². The Hall–Kier alpha value is -0.770. The van der Waals surface area contributed by atoms with Crippen molar-refractivity contribution in [3.63, 3.8) is 0 Å². The van der Waals surface area contributed by atoms with Crippen molar-refractivity contribution in [2.45, 2.75) is 31.9 Å². The van der Waals surface area contributed by atoms with E-state index in [0.29, 0.717) is 19.2 Å². The van der Waals surface area contributed by atoms with E-state index in [2.05, 4.69) is 5.32 Å². The highest BCUT2D eigenvalue weighted by molar-refractivity contribution is 5.85. The summed E-state index contributed by atoms with van der Waals surface area (Å²) in [6, 6.07) is 8.48. The number of rotatable bonds is 6. The molecule has 0 heterocycles. The molecule has 4 heteroatoms. The smallest absolute Gasteiger partial charge is 0.122 e. The van der Waals surface area contributed by atoms with Crippen molar-refractivity contribution < 1.29 is 9.84 Å². The summed E-state index contributed by atoms with van der Waals surface area (Å²) in [4.78, 5) is 0. The second-order valence-corrected chi connectivity index (χ2v) is 4.41. The first kappa shape index (κ1) is 14.3. The summed E-state index contributed by atoms with van der Waals surface area (Å²) in [6.45, 7) is 2.98. The summed E-state index contributed by atoms with van der Waals surface area (Å²) >= 11 is 0. The van der Waals surface area contributed by atoms with Crippen LogP contribution in [0.5, 0.6) is 5.75 Å². The molecule has 2 N–H and O–H groups in total. The first-order valence-corrected chi connectivity index (χ1v) is 5.85. The monoisotopic (exact) mass is 257 g/mol. The Morgan fingerprint density at radius 3 is 2.76 bits per heavy atom. The summed E-state index contributed by atoms with van der Waals surface area (Å²) in [5.41, 5.74) is 1.10. The highest BCUT2D eigenvalue weighted by Gasteiger charge is 2.21. The Morgan fingerprint density at radius 1 is 1.41 bits per heavy atom.